The van der Waals surface area contributed by atoms with Gasteiger partial charge >= 0.3 is 11.9 Å². The van der Waals surface area contributed by atoms with Crippen LogP contribution in [0.15, 0.2) is 59.6 Å². The maximum absolute atomic E-state index is 13.5. The topological polar surface area (TPSA) is 273 Å². The highest BCUT2D eigenvalue weighted by atomic mass is 16.4. The van der Waals surface area contributed by atoms with Crippen LogP contribution in [-0.4, -0.2) is 81.7 Å². The zero-order valence-corrected chi connectivity index (χ0v) is 24.0. The van der Waals surface area contributed by atoms with Crippen LogP contribution >= 0.6 is 0 Å². The molecule has 0 fully saturated rings. The van der Waals surface area contributed by atoms with Gasteiger partial charge in [0, 0.05) is 19.4 Å². The molecule has 0 heterocycles. The molecule has 0 aromatic heterocycles. The minimum Gasteiger partial charge on any atom is -0.508 e. The number of nitrogens with two attached hydrogens (primary N) is 3. The van der Waals surface area contributed by atoms with Gasteiger partial charge in [0.15, 0.2) is 5.96 Å². The molecule has 2 aromatic carbocycles. The number of carbonyl (C=O) groups excluding carboxylic acids is 3. The van der Waals surface area contributed by atoms with E-state index < -0.39 is 60.2 Å². The van der Waals surface area contributed by atoms with E-state index in [4.69, 9.17) is 17.2 Å². The van der Waals surface area contributed by atoms with E-state index in [0.29, 0.717) is 11.1 Å². The molecule has 15 heteroatoms. The molecular weight excluding hydrogens is 574 g/mol. The van der Waals surface area contributed by atoms with Crippen LogP contribution in [0.2, 0.25) is 0 Å². The maximum Gasteiger partial charge on any atom is 0.326 e. The minimum absolute atomic E-state index is 0.0140. The van der Waals surface area contributed by atoms with Crippen LogP contribution in [0.4, 0.5) is 0 Å². The Kier molecular flexibility index (Phi) is 14.1. The van der Waals surface area contributed by atoms with E-state index in [1.165, 1.54) is 12.1 Å². The highest BCUT2D eigenvalue weighted by Crippen LogP contribution is 2.12. The number of nitrogens with one attached hydrogen (secondary N) is 3. The van der Waals surface area contributed by atoms with Crippen LogP contribution in [0.25, 0.3) is 0 Å². The van der Waals surface area contributed by atoms with Crippen molar-refractivity contribution in [1.82, 2.24) is 16.0 Å². The number of aromatic hydroxyl groups is 1. The summed E-state index contributed by atoms with van der Waals surface area (Å²) in [7, 11) is 0. The fourth-order valence-corrected chi connectivity index (χ4v) is 4.16. The molecule has 0 radical (unpaired) electrons. The van der Waals surface area contributed by atoms with E-state index in [9.17, 15) is 39.3 Å². The third-order valence-corrected chi connectivity index (χ3v) is 6.48. The number of carbonyl (C=O) groups is 5. The third-order valence-electron chi connectivity index (χ3n) is 6.48. The Morgan fingerprint density at radius 1 is 0.727 bits per heavy atom. The number of carboxylic acid groups (broad SMARTS) is 2. The lowest BCUT2D eigenvalue weighted by molar-refractivity contribution is -0.143. The van der Waals surface area contributed by atoms with Gasteiger partial charge < -0.3 is 48.5 Å². The second-order valence-corrected chi connectivity index (χ2v) is 10.1. The maximum atomic E-state index is 13.5. The molecule has 0 spiro atoms. The average Bonchev–Trinajstić information content (AvgIpc) is 2.97. The van der Waals surface area contributed by atoms with Crippen molar-refractivity contribution in [1.29, 1.82) is 0 Å². The van der Waals surface area contributed by atoms with Gasteiger partial charge in [-0.3, -0.25) is 24.2 Å². The van der Waals surface area contributed by atoms with Crippen LogP contribution in [0.5, 0.6) is 5.75 Å². The number of phenolic OH excluding ortho intramolecular Hbond substituents is 1. The lowest BCUT2D eigenvalue weighted by Crippen LogP contribution is -2.57. The number of hydrogen-bond acceptors (Lipinski definition) is 8. The lowest BCUT2D eigenvalue weighted by atomic mass is 10.0. The summed E-state index contributed by atoms with van der Waals surface area (Å²) in [4.78, 5) is 66.4. The van der Waals surface area contributed by atoms with Gasteiger partial charge in [-0.25, -0.2) is 4.79 Å². The Morgan fingerprint density at radius 3 is 1.89 bits per heavy atom. The Bertz CT molecular complexity index is 1300. The molecule has 0 saturated carbocycles. The fourth-order valence-electron chi connectivity index (χ4n) is 4.16. The van der Waals surface area contributed by atoms with Crippen molar-refractivity contribution in [3.63, 3.8) is 0 Å². The van der Waals surface area contributed by atoms with Crippen molar-refractivity contribution < 1.29 is 39.3 Å². The minimum atomic E-state index is -1.43. The molecule has 0 aliphatic rings. The summed E-state index contributed by atoms with van der Waals surface area (Å²) in [6.45, 7) is 0.122. The van der Waals surface area contributed by atoms with Gasteiger partial charge in [-0.1, -0.05) is 42.5 Å². The molecule has 15 nitrogen and oxygen atoms in total. The Labute approximate surface area is 253 Å². The monoisotopic (exact) mass is 613 g/mol. The molecule has 2 aromatic rings. The second-order valence-electron chi connectivity index (χ2n) is 10.1. The van der Waals surface area contributed by atoms with Gasteiger partial charge in [-0.15, -0.1) is 0 Å². The molecule has 238 valence electrons. The average molecular weight is 614 g/mol. The van der Waals surface area contributed by atoms with E-state index >= 15 is 0 Å². The molecule has 4 atom stereocenters. The summed E-state index contributed by atoms with van der Waals surface area (Å²) in [5, 5.41) is 35.7. The molecule has 0 aliphatic carbocycles. The number of nitrogens with zero attached hydrogens (tertiary/aromatic N) is 1. The SMILES string of the molecule is NC(N)=NCCCC(NC(=O)C(CCC(=O)O)NC(=O)C(Cc1ccccc1)NC(=O)C(N)Cc1ccc(O)cc1)C(=O)O. The van der Waals surface area contributed by atoms with Gasteiger partial charge in [0.05, 0.1) is 6.04 Å². The number of hydrogen-bond donors (Lipinski definition) is 9. The molecule has 0 saturated heterocycles. The highest BCUT2D eigenvalue weighted by molar-refractivity contribution is 5.94. The summed E-state index contributed by atoms with van der Waals surface area (Å²) in [5.41, 5.74) is 18.0. The molecule has 3 amide bonds. The molecular formula is C29H39N7O8. The molecule has 44 heavy (non-hydrogen) atoms. The first-order valence-electron chi connectivity index (χ1n) is 13.8. The zero-order chi connectivity index (χ0) is 32.6. The predicted molar refractivity (Wildman–Crippen MR) is 160 cm³/mol. The summed E-state index contributed by atoms with van der Waals surface area (Å²) >= 11 is 0. The van der Waals surface area contributed by atoms with Crippen molar-refractivity contribution in [3.05, 3.63) is 65.7 Å². The van der Waals surface area contributed by atoms with Crippen molar-refractivity contribution in [2.24, 2.45) is 22.2 Å². The number of amides is 3. The molecule has 12 N–H and O–H groups in total. The first kappa shape index (κ1) is 35.0. The van der Waals surface area contributed by atoms with Crippen molar-refractivity contribution >= 4 is 35.6 Å². The number of rotatable bonds is 18. The fraction of sp³-hybridized carbons (Fsp3) is 0.379. The standard InChI is InChI=1S/C29H39N7O8/c30-20(15-18-8-10-19(37)11-9-18)25(40)36-23(16-17-5-2-1-3-6-17)27(42)34-21(12-13-24(38)39)26(41)35-22(28(43)44)7-4-14-33-29(31)32/h1-3,5-6,8-11,20-23,37H,4,7,12-16,30H2,(H,34,42)(H,35,41)(H,36,40)(H,38,39)(H,43,44)(H4,31,32,33). The normalized spacial score (nSPS) is 13.4. The van der Waals surface area contributed by atoms with Gasteiger partial charge in [0.25, 0.3) is 0 Å². The number of carboxylic acids is 2. The first-order valence-corrected chi connectivity index (χ1v) is 13.8. The van der Waals surface area contributed by atoms with Gasteiger partial charge in [0.1, 0.15) is 23.9 Å². The zero-order valence-electron chi connectivity index (χ0n) is 24.0. The predicted octanol–water partition coefficient (Wildman–Crippen LogP) is -1.04. The molecule has 2 rings (SSSR count). The third kappa shape index (κ3) is 12.8. The Balaban J connectivity index is 2.20. The quantitative estimate of drug-likeness (QED) is 0.0556. The van der Waals surface area contributed by atoms with E-state index in [1.807, 2.05) is 0 Å². The Morgan fingerprint density at radius 2 is 1.30 bits per heavy atom. The largest absolute Gasteiger partial charge is 0.508 e. The van der Waals surface area contributed by atoms with E-state index in [2.05, 4.69) is 20.9 Å². The van der Waals surface area contributed by atoms with Crippen molar-refractivity contribution in [2.75, 3.05) is 6.54 Å². The van der Waals surface area contributed by atoms with Gasteiger partial charge in [-0.2, -0.15) is 0 Å². The summed E-state index contributed by atoms with van der Waals surface area (Å²) in [5.74, 6) is -5.08. The van der Waals surface area contributed by atoms with Crippen LogP contribution < -0.4 is 33.2 Å². The summed E-state index contributed by atoms with van der Waals surface area (Å²) < 4.78 is 0. The number of phenols is 1. The number of guanidine groups is 1. The first-order chi connectivity index (χ1) is 20.8. The molecule has 4 unspecified atom stereocenters. The molecule has 0 bridgehead atoms. The summed E-state index contributed by atoms with van der Waals surface area (Å²) in [6.07, 6.45) is -0.553. The van der Waals surface area contributed by atoms with Crippen molar-refractivity contribution in [3.8, 4) is 5.75 Å². The smallest absolute Gasteiger partial charge is 0.326 e. The van der Waals surface area contributed by atoms with E-state index in [-0.39, 0.29) is 50.4 Å². The number of benzene rings is 2. The van der Waals surface area contributed by atoms with Crippen molar-refractivity contribution in [2.45, 2.75) is 62.7 Å². The highest BCUT2D eigenvalue weighted by Gasteiger charge is 2.31. The van der Waals surface area contributed by atoms with E-state index in [0.717, 1.165) is 0 Å². The van der Waals surface area contributed by atoms with Crippen LogP contribution in [-0.2, 0) is 36.8 Å². The number of aliphatic imine (C=N–C) groups is 1. The van der Waals surface area contributed by atoms with Crippen LogP contribution in [0.3, 0.4) is 0 Å². The van der Waals surface area contributed by atoms with Crippen LogP contribution in [0.1, 0.15) is 36.8 Å². The number of aliphatic carboxylic acids is 2. The van der Waals surface area contributed by atoms with Crippen LogP contribution in [0, 0.1) is 0 Å². The van der Waals surface area contributed by atoms with Gasteiger partial charge in [0.2, 0.25) is 17.7 Å². The lowest BCUT2D eigenvalue weighted by Gasteiger charge is -2.25. The summed E-state index contributed by atoms with van der Waals surface area (Å²) in [6, 6.07) is 9.76. The Hall–Kier alpha value is -5.18. The second kappa shape index (κ2) is 17.7. The molecule has 0 aliphatic heterocycles. The van der Waals surface area contributed by atoms with Gasteiger partial charge in [-0.05, 0) is 48.9 Å². The van der Waals surface area contributed by atoms with E-state index in [1.54, 1.807) is 42.5 Å².